The molecule has 0 saturated heterocycles. The topological polar surface area (TPSA) is 75.9 Å². The predicted octanol–water partition coefficient (Wildman–Crippen LogP) is 3.78. The fourth-order valence-corrected chi connectivity index (χ4v) is 4.84. The summed E-state index contributed by atoms with van der Waals surface area (Å²) in [5.74, 6) is 1.57. The summed E-state index contributed by atoms with van der Waals surface area (Å²) in [6.45, 7) is 6.86. The predicted molar refractivity (Wildman–Crippen MR) is 134 cm³/mol. The number of fused-ring (bicyclic) bond motifs is 1. The van der Waals surface area contributed by atoms with Crippen molar-refractivity contribution in [1.29, 1.82) is 0 Å². The number of thiophene rings is 1. The van der Waals surface area contributed by atoms with Gasteiger partial charge in [-0.15, -0.1) is 11.3 Å². The Morgan fingerprint density at radius 3 is 2.58 bits per heavy atom. The van der Waals surface area contributed by atoms with Crippen LogP contribution in [0.4, 0.5) is 0 Å². The molecule has 1 N–H and O–H groups in total. The van der Waals surface area contributed by atoms with Crippen LogP contribution in [0.25, 0.3) is 10.2 Å². The highest BCUT2D eigenvalue weighted by Crippen LogP contribution is 2.27. The van der Waals surface area contributed by atoms with Gasteiger partial charge < -0.3 is 5.32 Å². The van der Waals surface area contributed by atoms with Crippen LogP contribution >= 0.6 is 11.3 Å². The minimum atomic E-state index is -0.0254. The van der Waals surface area contributed by atoms with E-state index in [0.717, 1.165) is 47.1 Å². The third kappa shape index (κ3) is 5.35. The van der Waals surface area contributed by atoms with E-state index in [4.69, 9.17) is 4.98 Å². The monoisotopic (exact) mass is 462 g/mol. The first-order valence-electron chi connectivity index (χ1n) is 11.3. The van der Waals surface area contributed by atoms with Crippen molar-refractivity contribution in [3.8, 4) is 0 Å². The molecular weight excluding hydrogens is 432 g/mol. The van der Waals surface area contributed by atoms with Crippen molar-refractivity contribution >= 4 is 21.6 Å². The van der Waals surface area contributed by atoms with Crippen LogP contribution in [0.2, 0.25) is 0 Å². The number of nitrogens with one attached hydrogen (secondary N) is 1. The first-order valence-corrected chi connectivity index (χ1v) is 12.2. The summed E-state index contributed by atoms with van der Waals surface area (Å²) >= 11 is 1.52. The maximum atomic E-state index is 13.5. The first kappa shape index (κ1) is 23.2. The molecule has 7 nitrogen and oxygen atoms in total. The van der Waals surface area contributed by atoms with Gasteiger partial charge in [-0.05, 0) is 37.4 Å². The molecule has 8 heteroatoms. The Kier molecular flexibility index (Phi) is 7.59. The Balaban J connectivity index is 1.78. The number of nitrogens with zero attached hydrogens (tertiary/aromatic N) is 5. The minimum Gasteiger partial charge on any atom is -0.318 e. The highest BCUT2D eigenvalue weighted by Gasteiger charge is 2.25. The summed E-state index contributed by atoms with van der Waals surface area (Å²) in [4.78, 5) is 30.5. The van der Waals surface area contributed by atoms with Crippen LogP contribution in [0.5, 0.6) is 0 Å². The summed E-state index contributed by atoms with van der Waals surface area (Å²) in [6, 6.07) is 12.0. The summed E-state index contributed by atoms with van der Waals surface area (Å²) in [6.07, 6.45) is 4.59. The lowest BCUT2D eigenvalue weighted by Crippen LogP contribution is -2.38. The second-order valence-corrected chi connectivity index (χ2v) is 9.02. The van der Waals surface area contributed by atoms with E-state index >= 15 is 0 Å². The molecule has 0 bridgehead atoms. The van der Waals surface area contributed by atoms with Crippen LogP contribution < -0.4 is 10.9 Å². The maximum absolute atomic E-state index is 13.5. The van der Waals surface area contributed by atoms with Crippen LogP contribution in [-0.4, -0.2) is 44.6 Å². The fourth-order valence-electron chi connectivity index (χ4n) is 4.08. The van der Waals surface area contributed by atoms with Gasteiger partial charge in [0.05, 0.1) is 18.0 Å². The lowest BCUT2D eigenvalue weighted by Gasteiger charge is -2.32. The van der Waals surface area contributed by atoms with E-state index in [0.29, 0.717) is 18.5 Å². The Morgan fingerprint density at radius 1 is 1.12 bits per heavy atom. The number of likely N-dealkylation sites (N-methyl/N-ethyl adjacent to an activating group) is 1. The molecule has 0 spiro atoms. The van der Waals surface area contributed by atoms with Crippen LogP contribution in [0, 0.1) is 6.92 Å². The molecule has 0 amide bonds. The second kappa shape index (κ2) is 10.8. The van der Waals surface area contributed by atoms with E-state index in [2.05, 4.69) is 39.2 Å². The first-order chi connectivity index (χ1) is 16.1. The van der Waals surface area contributed by atoms with Crippen molar-refractivity contribution in [2.24, 2.45) is 0 Å². The highest BCUT2D eigenvalue weighted by molar-refractivity contribution is 7.16. The van der Waals surface area contributed by atoms with Crippen molar-refractivity contribution in [1.82, 2.24) is 29.7 Å². The molecule has 0 aliphatic rings. The van der Waals surface area contributed by atoms with Gasteiger partial charge >= 0.3 is 0 Å². The largest absolute Gasteiger partial charge is 0.318 e. The zero-order chi connectivity index (χ0) is 23.2. The van der Waals surface area contributed by atoms with Gasteiger partial charge in [-0.2, -0.15) is 0 Å². The molecule has 4 aromatic rings. The van der Waals surface area contributed by atoms with E-state index in [1.165, 1.54) is 11.3 Å². The summed E-state index contributed by atoms with van der Waals surface area (Å²) in [7, 11) is 1.95. The average molecular weight is 463 g/mol. The molecule has 4 rings (SSSR count). The van der Waals surface area contributed by atoms with Crippen molar-refractivity contribution in [3.05, 3.63) is 87.3 Å². The van der Waals surface area contributed by atoms with E-state index in [9.17, 15) is 4.79 Å². The standard InChI is InChI=1S/C25H30N6OS/c1-4-22(30(12-11-26-3)16-20-14-27-18(2)28-15-20)23-29-24-21(10-13-33-24)25(32)31(23)17-19-8-6-5-7-9-19/h5-10,13-15,22,26H,4,11-12,16-17H2,1-3H3. The molecule has 3 heterocycles. The van der Waals surface area contributed by atoms with Gasteiger partial charge in [0.15, 0.2) is 0 Å². The third-order valence-corrected chi connectivity index (χ3v) is 6.60. The number of aryl methyl sites for hydroxylation is 1. The van der Waals surface area contributed by atoms with Crippen molar-refractivity contribution in [2.45, 2.75) is 39.4 Å². The van der Waals surface area contributed by atoms with Gasteiger partial charge in [0.25, 0.3) is 5.56 Å². The Labute approximate surface area is 198 Å². The lowest BCUT2D eigenvalue weighted by molar-refractivity contribution is 0.172. The van der Waals surface area contributed by atoms with E-state index in [1.807, 2.05) is 60.6 Å². The number of aromatic nitrogens is 4. The summed E-state index contributed by atoms with van der Waals surface area (Å²) in [5.41, 5.74) is 2.15. The number of rotatable bonds is 10. The molecule has 0 saturated carbocycles. The molecule has 3 aromatic heterocycles. The van der Waals surface area contributed by atoms with Crippen LogP contribution in [0.3, 0.4) is 0 Å². The van der Waals surface area contributed by atoms with Crippen molar-refractivity contribution < 1.29 is 0 Å². The SMILES string of the molecule is CCC(c1nc2sccc2c(=O)n1Cc1ccccc1)N(CCNC)Cc1cnc(C)nc1. The zero-order valence-electron chi connectivity index (χ0n) is 19.4. The smallest absolute Gasteiger partial charge is 0.262 e. The maximum Gasteiger partial charge on any atom is 0.262 e. The van der Waals surface area contributed by atoms with Crippen molar-refractivity contribution in [2.75, 3.05) is 20.1 Å². The molecule has 33 heavy (non-hydrogen) atoms. The molecule has 1 unspecified atom stereocenters. The van der Waals surface area contributed by atoms with E-state index in [1.54, 1.807) is 0 Å². The molecule has 0 radical (unpaired) electrons. The van der Waals surface area contributed by atoms with E-state index in [-0.39, 0.29) is 11.6 Å². The molecule has 1 aromatic carbocycles. The normalized spacial score (nSPS) is 12.5. The summed E-state index contributed by atoms with van der Waals surface area (Å²) in [5, 5.41) is 5.88. The average Bonchev–Trinajstić information content (AvgIpc) is 3.31. The molecule has 0 aliphatic carbocycles. The number of hydrogen-bond donors (Lipinski definition) is 1. The van der Waals surface area contributed by atoms with Gasteiger partial charge in [0.2, 0.25) is 0 Å². The summed E-state index contributed by atoms with van der Waals surface area (Å²) < 4.78 is 1.86. The molecule has 0 aliphatic heterocycles. The number of benzene rings is 1. The van der Waals surface area contributed by atoms with Crippen molar-refractivity contribution in [3.63, 3.8) is 0 Å². The van der Waals surface area contributed by atoms with Crippen LogP contribution in [-0.2, 0) is 13.1 Å². The zero-order valence-corrected chi connectivity index (χ0v) is 20.2. The van der Waals surface area contributed by atoms with Crippen LogP contribution in [0.1, 0.15) is 42.2 Å². The molecule has 172 valence electrons. The molecular formula is C25H30N6OS. The Bertz CT molecular complexity index is 1240. The third-order valence-electron chi connectivity index (χ3n) is 5.79. The van der Waals surface area contributed by atoms with Crippen LogP contribution in [0.15, 0.2) is 59.0 Å². The minimum absolute atomic E-state index is 0.0192. The fraction of sp³-hybridized carbons (Fsp3) is 0.360. The molecule has 0 fully saturated rings. The highest BCUT2D eigenvalue weighted by atomic mass is 32.1. The lowest BCUT2D eigenvalue weighted by atomic mass is 10.1. The van der Waals surface area contributed by atoms with Gasteiger partial charge in [-0.1, -0.05) is 37.3 Å². The van der Waals surface area contributed by atoms with Gasteiger partial charge in [-0.25, -0.2) is 15.0 Å². The molecule has 1 atom stereocenters. The number of hydrogen-bond acceptors (Lipinski definition) is 7. The Morgan fingerprint density at radius 2 is 1.88 bits per heavy atom. The van der Waals surface area contributed by atoms with Gasteiger partial charge in [-0.3, -0.25) is 14.3 Å². The van der Waals surface area contributed by atoms with Gasteiger partial charge in [0.1, 0.15) is 16.5 Å². The Hall–Kier alpha value is -2.94. The van der Waals surface area contributed by atoms with E-state index < -0.39 is 0 Å². The quantitative estimate of drug-likeness (QED) is 0.387. The second-order valence-electron chi connectivity index (χ2n) is 8.12. The van der Waals surface area contributed by atoms with Gasteiger partial charge in [0, 0.05) is 37.6 Å².